The third-order valence-corrected chi connectivity index (χ3v) is 2.88. The van der Waals surface area contributed by atoms with Crippen molar-refractivity contribution in [2.75, 3.05) is 6.61 Å². The van der Waals surface area contributed by atoms with Crippen LogP contribution in [-0.4, -0.2) is 25.3 Å². The molecule has 1 saturated carbocycles. The smallest absolute Gasteiger partial charge is 0.293 e. The van der Waals surface area contributed by atoms with Crippen LogP contribution in [0.1, 0.15) is 40.0 Å². The predicted molar refractivity (Wildman–Crippen MR) is 54.0 cm³/mol. The number of carbonyl (C=O) groups is 1. The molecule has 2 unspecified atom stereocenters. The van der Waals surface area contributed by atoms with Gasteiger partial charge in [0.05, 0.1) is 0 Å². The van der Waals surface area contributed by atoms with E-state index >= 15 is 0 Å². The highest BCUT2D eigenvalue weighted by atomic mass is 16.6. The van der Waals surface area contributed by atoms with Crippen LogP contribution < -0.4 is 0 Å². The van der Waals surface area contributed by atoms with E-state index < -0.39 is 0 Å². The van der Waals surface area contributed by atoms with E-state index in [-0.39, 0.29) is 17.6 Å². The molecule has 3 heteroatoms. The lowest BCUT2D eigenvalue weighted by atomic mass is 10.2. The van der Waals surface area contributed by atoms with Gasteiger partial charge in [-0.1, -0.05) is 33.6 Å². The molecule has 1 aliphatic rings. The van der Waals surface area contributed by atoms with Crippen molar-refractivity contribution in [3.63, 3.8) is 0 Å². The summed E-state index contributed by atoms with van der Waals surface area (Å²) >= 11 is 0. The number of rotatable bonds is 7. The SMILES string of the molecule is CCCCCOC1C(OC=O)C1(C)C. The highest BCUT2D eigenvalue weighted by molar-refractivity contribution is 5.39. The van der Waals surface area contributed by atoms with E-state index in [1.807, 2.05) is 0 Å². The molecular formula is C11H20O3. The zero-order chi connectivity index (χ0) is 10.6. The van der Waals surface area contributed by atoms with Gasteiger partial charge in [0.25, 0.3) is 6.47 Å². The van der Waals surface area contributed by atoms with E-state index in [1.165, 1.54) is 12.8 Å². The molecule has 0 aromatic heterocycles. The molecule has 0 bridgehead atoms. The molecule has 0 spiro atoms. The summed E-state index contributed by atoms with van der Waals surface area (Å²) in [6.45, 7) is 7.58. The standard InChI is InChI=1S/C11H20O3/c1-4-5-6-7-13-9-10(14-8-12)11(9,2)3/h8-10H,4-7H2,1-3H3. The van der Waals surface area contributed by atoms with E-state index in [0.29, 0.717) is 6.47 Å². The molecule has 1 rings (SSSR count). The van der Waals surface area contributed by atoms with Crippen LogP contribution in [0.15, 0.2) is 0 Å². The van der Waals surface area contributed by atoms with Crippen LogP contribution in [0.5, 0.6) is 0 Å². The number of hydrogen-bond acceptors (Lipinski definition) is 3. The summed E-state index contributed by atoms with van der Waals surface area (Å²) in [6.07, 6.45) is 3.56. The van der Waals surface area contributed by atoms with Gasteiger partial charge in [0.15, 0.2) is 0 Å². The number of carbonyl (C=O) groups excluding carboxylic acids is 1. The lowest BCUT2D eigenvalue weighted by molar-refractivity contribution is -0.131. The van der Waals surface area contributed by atoms with Gasteiger partial charge in [0.1, 0.15) is 12.2 Å². The first kappa shape index (κ1) is 11.5. The van der Waals surface area contributed by atoms with Gasteiger partial charge in [-0.25, -0.2) is 0 Å². The first-order valence-electron chi connectivity index (χ1n) is 5.35. The minimum Gasteiger partial charge on any atom is -0.461 e. The van der Waals surface area contributed by atoms with Crippen LogP contribution in [-0.2, 0) is 14.3 Å². The summed E-state index contributed by atoms with van der Waals surface area (Å²) in [4.78, 5) is 10.2. The molecule has 2 atom stereocenters. The Hall–Kier alpha value is -0.570. The van der Waals surface area contributed by atoms with Gasteiger partial charge in [-0.2, -0.15) is 0 Å². The highest BCUT2D eigenvalue weighted by Crippen LogP contribution is 2.49. The second-order valence-electron chi connectivity index (χ2n) is 4.47. The topological polar surface area (TPSA) is 35.5 Å². The molecule has 0 saturated heterocycles. The van der Waals surface area contributed by atoms with Gasteiger partial charge >= 0.3 is 0 Å². The van der Waals surface area contributed by atoms with Crippen molar-refractivity contribution in [3.05, 3.63) is 0 Å². The van der Waals surface area contributed by atoms with Crippen LogP contribution in [0.2, 0.25) is 0 Å². The molecule has 0 aliphatic heterocycles. The van der Waals surface area contributed by atoms with Gasteiger partial charge in [0.2, 0.25) is 0 Å². The summed E-state index contributed by atoms with van der Waals surface area (Å²) in [7, 11) is 0. The molecule has 0 N–H and O–H groups in total. The fourth-order valence-electron chi connectivity index (χ4n) is 1.72. The Balaban J connectivity index is 2.16. The van der Waals surface area contributed by atoms with Crippen LogP contribution in [0, 0.1) is 5.41 Å². The van der Waals surface area contributed by atoms with Crippen molar-refractivity contribution in [1.29, 1.82) is 0 Å². The zero-order valence-corrected chi connectivity index (χ0v) is 9.29. The first-order chi connectivity index (χ1) is 6.64. The van der Waals surface area contributed by atoms with Crippen LogP contribution in [0.4, 0.5) is 0 Å². The Bertz CT molecular complexity index is 189. The van der Waals surface area contributed by atoms with Gasteiger partial charge < -0.3 is 9.47 Å². The molecule has 1 aliphatic carbocycles. The fraction of sp³-hybridized carbons (Fsp3) is 0.909. The third-order valence-electron chi connectivity index (χ3n) is 2.88. The molecule has 0 heterocycles. The van der Waals surface area contributed by atoms with Gasteiger partial charge in [-0.3, -0.25) is 4.79 Å². The van der Waals surface area contributed by atoms with Crippen LogP contribution in [0.25, 0.3) is 0 Å². The van der Waals surface area contributed by atoms with E-state index in [9.17, 15) is 4.79 Å². The maximum absolute atomic E-state index is 10.2. The van der Waals surface area contributed by atoms with E-state index in [4.69, 9.17) is 9.47 Å². The Morgan fingerprint density at radius 3 is 2.57 bits per heavy atom. The summed E-state index contributed by atoms with van der Waals surface area (Å²) in [5, 5.41) is 0. The van der Waals surface area contributed by atoms with Crippen molar-refractivity contribution in [3.8, 4) is 0 Å². The quantitative estimate of drug-likeness (QED) is 0.466. The van der Waals surface area contributed by atoms with Crippen molar-refractivity contribution < 1.29 is 14.3 Å². The van der Waals surface area contributed by atoms with Crippen molar-refractivity contribution >= 4 is 6.47 Å². The number of ether oxygens (including phenoxy) is 2. The normalized spacial score (nSPS) is 28.5. The molecule has 0 amide bonds. The molecule has 14 heavy (non-hydrogen) atoms. The number of hydrogen-bond donors (Lipinski definition) is 0. The average Bonchev–Trinajstić information content (AvgIpc) is 2.64. The Kier molecular flexibility index (Phi) is 3.93. The van der Waals surface area contributed by atoms with Gasteiger partial charge in [0, 0.05) is 12.0 Å². The minimum atomic E-state index is -0.0402. The minimum absolute atomic E-state index is 0.00707. The largest absolute Gasteiger partial charge is 0.461 e. The Labute approximate surface area is 85.8 Å². The summed E-state index contributed by atoms with van der Waals surface area (Å²) in [5.74, 6) is 0. The lowest BCUT2D eigenvalue weighted by Crippen LogP contribution is -2.04. The average molecular weight is 200 g/mol. The van der Waals surface area contributed by atoms with Crippen molar-refractivity contribution in [2.45, 2.75) is 52.2 Å². The summed E-state index contributed by atoms with van der Waals surface area (Å²) < 4.78 is 10.6. The second kappa shape index (κ2) is 4.78. The molecular weight excluding hydrogens is 180 g/mol. The first-order valence-corrected chi connectivity index (χ1v) is 5.35. The molecule has 3 nitrogen and oxygen atoms in total. The van der Waals surface area contributed by atoms with Crippen LogP contribution in [0.3, 0.4) is 0 Å². The zero-order valence-electron chi connectivity index (χ0n) is 9.29. The predicted octanol–water partition coefficient (Wildman–Crippen LogP) is 2.14. The molecule has 0 aromatic carbocycles. The fourth-order valence-corrected chi connectivity index (χ4v) is 1.72. The van der Waals surface area contributed by atoms with Gasteiger partial charge in [-0.15, -0.1) is 0 Å². The van der Waals surface area contributed by atoms with Gasteiger partial charge in [-0.05, 0) is 6.42 Å². The molecule has 0 aromatic rings. The summed E-state index contributed by atoms with van der Waals surface area (Å²) in [5.41, 5.74) is 0.00707. The van der Waals surface area contributed by atoms with Crippen molar-refractivity contribution in [1.82, 2.24) is 0 Å². The summed E-state index contributed by atoms with van der Waals surface area (Å²) in [6, 6.07) is 0. The van der Waals surface area contributed by atoms with Crippen molar-refractivity contribution in [2.24, 2.45) is 5.41 Å². The maximum Gasteiger partial charge on any atom is 0.293 e. The monoisotopic (exact) mass is 200 g/mol. The van der Waals surface area contributed by atoms with Crippen LogP contribution >= 0.6 is 0 Å². The number of unbranched alkanes of at least 4 members (excludes halogenated alkanes) is 2. The van der Waals surface area contributed by atoms with E-state index in [1.54, 1.807) is 0 Å². The lowest BCUT2D eigenvalue weighted by Gasteiger charge is -2.03. The third kappa shape index (κ3) is 2.47. The molecule has 1 fully saturated rings. The van der Waals surface area contributed by atoms with E-state index in [2.05, 4.69) is 20.8 Å². The molecule has 82 valence electrons. The highest BCUT2D eigenvalue weighted by Gasteiger charge is 2.61. The Morgan fingerprint density at radius 2 is 2.00 bits per heavy atom. The Morgan fingerprint density at radius 1 is 1.29 bits per heavy atom. The second-order valence-corrected chi connectivity index (χ2v) is 4.47. The van der Waals surface area contributed by atoms with E-state index in [0.717, 1.165) is 13.0 Å². The maximum atomic E-state index is 10.2. The molecule has 0 radical (unpaired) electrons.